The Kier molecular flexibility index (Phi) is 5.01. The summed E-state index contributed by atoms with van der Waals surface area (Å²) in [7, 11) is 0. The molecule has 0 spiro atoms. The molecule has 0 saturated heterocycles. The minimum absolute atomic E-state index is 0.0139. The van der Waals surface area contributed by atoms with E-state index in [1.54, 1.807) is 0 Å². The number of nitrogens with two attached hydrogens (primary N) is 1. The van der Waals surface area contributed by atoms with Gasteiger partial charge in [0.15, 0.2) is 0 Å². The van der Waals surface area contributed by atoms with E-state index in [4.69, 9.17) is 5.73 Å². The average molecular weight is 345 g/mol. The van der Waals surface area contributed by atoms with Gasteiger partial charge in [-0.05, 0) is 29.8 Å². The van der Waals surface area contributed by atoms with Crippen molar-refractivity contribution in [1.82, 2.24) is 10.3 Å². The second-order valence-electron chi connectivity index (χ2n) is 4.87. The molecule has 0 aliphatic carbocycles. The van der Waals surface area contributed by atoms with Gasteiger partial charge in [-0.3, -0.25) is 4.79 Å². The number of nitrogens with one attached hydrogen (secondary N) is 1. The molecular formula is C15H12F5N3O. The molecule has 9 heteroatoms. The van der Waals surface area contributed by atoms with Crippen LogP contribution in [0.3, 0.4) is 0 Å². The van der Waals surface area contributed by atoms with Crippen molar-refractivity contribution in [2.75, 3.05) is 5.73 Å². The maximum absolute atomic E-state index is 13.2. The van der Waals surface area contributed by atoms with E-state index in [0.717, 1.165) is 12.1 Å². The number of pyridine rings is 1. The highest BCUT2D eigenvalue weighted by atomic mass is 19.4. The van der Waals surface area contributed by atoms with Crippen LogP contribution in [0.5, 0.6) is 0 Å². The number of hydrogen-bond acceptors (Lipinski definition) is 3. The van der Waals surface area contributed by atoms with Crippen molar-refractivity contribution in [3.8, 4) is 0 Å². The number of alkyl halides is 5. The quantitative estimate of drug-likeness (QED) is 0.835. The zero-order chi connectivity index (χ0) is 17.9. The lowest BCUT2D eigenvalue weighted by molar-refractivity contribution is -0.137. The zero-order valence-electron chi connectivity index (χ0n) is 12.0. The second kappa shape index (κ2) is 6.81. The number of nitrogen functional groups attached to an aromatic ring is 1. The highest BCUT2D eigenvalue weighted by molar-refractivity contribution is 5.95. The van der Waals surface area contributed by atoms with E-state index >= 15 is 0 Å². The maximum atomic E-state index is 13.2. The number of rotatable bonds is 4. The van der Waals surface area contributed by atoms with E-state index < -0.39 is 30.1 Å². The van der Waals surface area contributed by atoms with Crippen molar-refractivity contribution < 1.29 is 26.7 Å². The predicted molar refractivity (Wildman–Crippen MR) is 76.3 cm³/mol. The zero-order valence-corrected chi connectivity index (χ0v) is 12.0. The minimum Gasteiger partial charge on any atom is -0.384 e. The first-order chi connectivity index (χ1) is 11.2. The third kappa shape index (κ3) is 4.18. The largest absolute Gasteiger partial charge is 0.416 e. The van der Waals surface area contributed by atoms with Crippen LogP contribution in [0, 0.1) is 0 Å². The fourth-order valence-corrected chi connectivity index (χ4v) is 1.99. The van der Waals surface area contributed by atoms with Crippen molar-refractivity contribution in [3.05, 3.63) is 59.3 Å². The molecule has 4 nitrogen and oxygen atoms in total. The van der Waals surface area contributed by atoms with Gasteiger partial charge in [-0.15, -0.1) is 0 Å². The van der Waals surface area contributed by atoms with Crippen LogP contribution in [0.15, 0.2) is 42.6 Å². The Hall–Kier alpha value is -2.71. The first-order valence-electron chi connectivity index (χ1n) is 6.66. The number of anilines is 1. The monoisotopic (exact) mass is 345 g/mol. The highest BCUT2D eigenvalue weighted by Gasteiger charge is 2.31. The Bertz CT molecular complexity index is 716. The average Bonchev–Trinajstić information content (AvgIpc) is 2.51. The third-order valence-corrected chi connectivity index (χ3v) is 3.18. The summed E-state index contributed by atoms with van der Waals surface area (Å²) in [5.41, 5.74) is 4.31. The van der Waals surface area contributed by atoms with Crippen LogP contribution < -0.4 is 11.1 Å². The van der Waals surface area contributed by atoms with Crippen molar-refractivity contribution in [1.29, 1.82) is 0 Å². The van der Waals surface area contributed by atoms with Crippen molar-refractivity contribution in [2.45, 2.75) is 18.6 Å². The van der Waals surface area contributed by atoms with Gasteiger partial charge in [-0.25, -0.2) is 13.8 Å². The van der Waals surface area contributed by atoms with Gasteiger partial charge in [0.2, 0.25) is 0 Å². The van der Waals surface area contributed by atoms with Gasteiger partial charge in [-0.1, -0.05) is 12.1 Å². The van der Waals surface area contributed by atoms with Crippen LogP contribution in [0.2, 0.25) is 0 Å². The number of carbonyl (C=O) groups excluding carboxylic acids is 1. The lowest BCUT2D eigenvalue weighted by atomic mass is 10.0. The Morgan fingerprint density at radius 2 is 1.75 bits per heavy atom. The molecule has 1 aromatic heterocycles. The van der Waals surface area contributed by atoms with Gasteiger partial charge in [0.25, 0.3) is 12.3 Å². The molecule has 128 valence electrons. The lowest BCUT2D eigenvalue weighted by Gasteiger charge is -2.19. The third-order valence-electron chi connectivity index (χ3n) is 3.18. The number of hydrogen-bond donors (Lipinski definition) is 2. The summed E-state index contributed by atoms with van der Waals surface area (Å²) in [4.78, 5) is 15.7. The van der Waals surface area contributed by atoms with Crippen molar-refractivity contribution in [2.24, 2.45) is 0 Å². The molecular weight excluding hydrogens is 333 g/mol. The number of aromatic nitrogens is 1. The van der Waals surface area contributed by atoms with E-state index in [-0.39, 0.29) is 16.9 Å². The maximum Gasteiger partial charge on any atom is 0.416 e. The number of halogens is 5. The molecule has 0 unspecified atom stereocenters. The van der Waals surface area contributed by atoms with E-state index in [0.29, 0.717) is 12.1 Å². The SMILES string of the molecule is Nc1cc(C(=O)N[C@H](c2ccc(C(F)(F)F)cc2)C(F)F)ccn1. The van der Waals surface area contributed by atoms with Crippen LogP contribution in [0.4, 0.5) is 27.8 Å². The molecule has 1 atom stereocenters. The molecule has 2 rings (SSSR count). The van der Waals surface area contributed by atoms with Gasteiger partial charge in [0.1, 0.15) is 11.9 Å². The van der Waals surface area contributed by atoms with Gasteiger partial charge in [0, 0.05) is 11.8 Å². The molecule has 24 heavy (non-hydrogen) atoms. The van der Waals surface area contributed by atoms with E-state index in [9.17, 15) is 26.7 Å². The fraction of sp³-hybridized carbons (Fsp3) is 0.200. The molecule has 0 saturated carbocycles. The first-order valence-corrected chi connectivity index (χ1v) is 6.66. The van der Waals surface area contributed by atoms with Crippen molar-refractivity contribution >= 4 is 11.7 Å². The van der Waals surface area contributed by atoms with E-state index in [2.05, 4.69) is 10.3 Å². The van der Waals surface area contributed by atoms with E-state index in [1.165, 1.54) is 18.3 Å². The van der Waals surface area contributed by atoms with Crippen LogP contribution in [0.1, 0.15) is 27.5 Å². The van der Waals surface area contributed by atoms with Gasteiger partial charge >= 0.3 is 6.18 Å². The van der Waals surface area contributed by atoms with Crippen LogP contribution in [-0.4, -0.2) is 17.3 Å². The first kappa shape index (κ1) is 17.6. The Morgan fingerprint density at radius 1 is 1.12 bits per heavy atom. The summed E-state index contributed by atoms with van der Waals surface area (Å²) >= 11 is 0. The molecule has 1 amide bonds. The highest BCUT2D eigenvalue weighted by Crippen LogP contribution is 2.31. The second-order valence-corrected chi connectivity index (χ2v) is 4.87. The topological polar surface area (TPSA) is 68.0 Å². The molecule has 3 N–H and O–H groups in total. The molecule has 1 heterocycles. The molecule has 0 bridgehead atoms. The molecule has 1 aromatic carbocycles. The smallest absolute Gasteiger partial charge is 0.384 e. The van der Waals surface area contributed by atoms with Crippen molar-refractivity contribution in [3.63, 3.8) is 0 Å². The normalized spacial score (nSPS) is 12.9. The van der Waals surface area contributed by atoms with E-state index in [1.807, 2.05) is 0 Å². The Morgan fingerprint density at radius 3 is 2.25 bits per heavy atom. The number of benzene rings is 1. The van der Waals surface area contributed by atoms with Gasteiger partial charge in [0.05, 0.1) is 5.56 Å². The van der Waals surface area contributed by atoms with Gasteiger partial charge < -0.3 is 11.1 Å². The summed E-state index contributed by atoms with van der Waals surface area (Å²) in [6.45, 7) is 0. The van der Waals surface area contributed by atoms with Crippen LogP contribution in [0.25, 0.3) is 0 Å². The molecule has 0 aliphatic rings. The predicted octanol–water partition coefficient (Wildman–Crippen LogP) is 3.42. The molecule has 0 fully saturated rings. The number of nitrogens with zero attached hydrogens (tertiary/aromatic N) is 1. The standard InChI is InChI=1S/C15H12F5N3O/c16-13(17)12(8-1-3-10(4-2-8)15(18,19)20)23-14(24)9-5-6-22-11(21)7-9/h1-7,12-13H,(H2,21,22)(H,23,24)/t12-/m1/s1. The number of amides is 1. The summed E-state index contributed by atoms with van der Waals surface area (Å²) in [5, 5.41) is 2.08. The fourth-order valence-electron chi connectivity index (χ4n) is 1.99. The van der Waals surface area contributed by atoms with Gasteiger partial charge in [-0.2, -0.15) is 13.2 Å². The summed E-state index contributed by atoms with van der Waals surface area (Å²) in [6.07, 6.45) is -6.35. The number of carbonyl (C=O) groups is 1. The molecule has 0 radical (unpaired) electrons. The minimum atomic E-state index is -4.57. The summed E-state index contributed by atoms with van der Waals surface area (Å²) < 4.78 is 63.9. The lowest BCUT2D eigenvalue weighted by Crippen LogP contribution is -2.33. The Labute approximate surface area is 133 Å². The molecule has 0 aliphatic heterocycles. The summed E-state index contributed by atoms with van der Waals surface area (Å²) in [5.74, 6) is -0.805. The Balaban J connectivity index is 2.22. The van der Waals surface area contributed by atoms with Crippen LogP contribution >= 0.6 is 0 Å². The summed E-state index contributed by atoms with van der Waals surface area (Å²) in [6, 6.07) is 3.89. The van der Waals surface area contributed by atoms with Crippen LogP contribution in [-0.2, 0) is 6.18 Å². The molecule has 2 aromatic rings.